The largest absolute Gasteiger partial charge is 0.632 e. The van der Waals surface area contributed by atoms with Crippen LogP contribution in [0.1, 0.15) is 31.0 Å². The van der Waals surface area contributed by atoms with Crippen LogP contribution in [0.2, 0.25) is 0 Å². The number of esters is 1. The average molecular weight is 369 g/mol. The fourth-order valence-electron chi connectivity index (χ4n) is 4.04. The minimum absolute atomic E-state index is 0.128. The van der Waals surface area contributed by atoms with Gasteiger partial charge in [-0.3, -0.25) is 0 Å². The second kappa shape index (κ2) is 8.21. The van der Waals surface area contributed by atoms with Gasteiger partial charge in [0.1, 0.15) is 12.6 Å². The van der Waals surface area contributed by atoms with Crippen LogP contribution in [0.4, 0.5) is 0 Å². The van der Waals surface area contributed by atoms with Crippen LogP contribution in [0.3, 0.4) is 0 Å². The van der Waals surface area contributed by atoms with Gasteiger partial charge in [0.15, 0.2) is 12.1 Å². The standard InChI is InChI=1S/C22H27NO4/c1-16(2)20(22(24)26-3)23(25)14-19(21(23)18-12-8-5-9-13-18)27-15-17-10-6-4-7-11-17/h4-13,16,19-21H,14-15H2,1-3H3. The molecule has 3 rings (SSSR count). The summed E-state index contributed by atoms with van der Waals surface area (Å²) in [7, 11) is 1.34. The number of likely N-dealkylation sites (tertiary alicyclic amines) is 1. The van der Waals surface area contributed by atoms with E-state index in [0.29, 0.717) is 6.61 Å². The van der Waals surface area contributed by atoms with Crippen molar-refractivity contribution in [2.45, 2.75) is 38.6 Å². The summed E-state index contributed by atoms with van der Waals surface area (Å²) < 4.78 is 10.4. The number of ether oxygens (including phenoxy) is 2. The lowest BCUT2D eigenvalue weighted by Crippen LogP contribution is -2.72. The van der Waals surface area contributed by atoms with Crippen LogP contribution in [-0.4, -0.2) is 36.4 Å². The number of methoxy groups -OCH3 is 1. The molecule has 2 aromatic rings. The number of hydrogen-bond acceptors (Lipinski definition) is 4. The quantitative estimate of drug-likeness (QED) is 0.423. The summed E-state index contributed by atoms with van der Waals surface area (Å²) in [5.41, 5.74) is 1.96. The van der Waals surface area contributed by atoms with Crippen LogP contribution in [0.15, 0.2) is 60.7 Å². The lowest BCUT2D eigenvalue weighted by atomic mass is 9.85. The highest BCUT2D eigenvalue weighted by atomic mass is 16.6. The molecule has 0 bridgehead atoms. The van der Waals surface area contributed by atoms with E-state index < -0.39 is 22.7 Å². The van der Waals surface area contributed by atoms with Crippen molar-refractivity contribution in [1.29, 1.82) is 0 Å². The van der Waals surface area contributed by atoms with Crippen LogP contribution in [0.5, 0.6) is 0 Å². The van der Waals surface area contributed by atoms with Crippen molar-refractivity contribution in [3.8, 4) is 0 Å². The highest BCUT2D eigenvalue weighted by Crippen LogP contribution is 2.46. The van der Waals surface area contributed by atoms with E-state index in [9.17, 15) is 10.0 Å². The Bertz CT molecular complexity index is 749. The monoisotopic (exact) mass is 369 g/mol. The molecule has 1 aliphatic heterocycles. The van der Waals surface area contributed by atoms with E-state index in [0.717, 1.165) is 11.1 Å². The van der Waals surface area contributed by atoms with Crippen LogP contribution in [-0.2, 0) is 20.9 Å². The summed E-state index contributed by atoms with van der Waals surface area (Å²) >= 11 is 0. The summed E-state index contributed by atoms with van der Waals surface area (Å²) in [5.74, 6) is -0.585. The first kappa shape index (κ1) is 19.5. The number of hydroxylamine groups is 3. The Hall–Kier alpha value is -2.21. The molecule has 0 N–H and O–H groups in total. The lowest BCUT2D eigenvalue weighted by molar-refractivity contribution is -0.980. The predicted octanol–water partition coefficient (Wildman–Crippen LogP) is 3.84. The molecule has 2 aromatic carbocycles. The van der Waals surface area contributed by atoms with Crippen molar-refractivity contribution in [3.63, 3.8) is 0 Å². The van der Waals surface area contributed by atoms with Gasteiger partial charge in [0, 0.05) is 11.5 Å². The molecule has 1 aliphatic rings. The third-order valence-electron chi connectivity index (χ3n) is 5.28. The third kappa shape index (κ3) is 3.90. The van der Waals surface area contributed by atoms with Crippen LogP contribution < -0.4 is 0 Å². The SMILES string of the molecule is COC(=O)C(C(C)C)[N+]1([O-])CC(OCc2ccccc2)C1c1ccccc1. The zero-order valence-corrected chi connectivity index (χ0v) is 16.1. The van der Waals surface area contributed by atoms with Crippen molar-refractivity contribution in [2.24, 2.45) is 5.92 Å². The Labute approximate surface area is 160 Å². The first-order valence-corrected chi connectivity index (χ1v) is 9.34. The average Bonchev–Trinajstić information content (AvgIpc) is 2.66. The van der Waals surface area contributed by atoms with Gasteiger partial charge in [-0.1, -0.05) is 74.5 Å². The molecule has 4 unspecified atom stereocenters. The summed E-state index contributed by atoms with van der Waals surface area (Å²) in [6.45, 7) is 4.46. The number of quaternary nitrogens is 1. The van der Waals surface area contributed by atoms with Crippen molar-refractivity contribution >= 4 is 5.97 Å². The first-order chi connectivity index (χ1) is 13.0. The highest BCUT2D eigenvalue weighted by molar-refractivity contribution is 5.75. The van der Waals surface area contributed by atoms with E-state index in [1.807, 2.05) is 74.5 Å². The summed E-state index contributed by atoms with van der Waals surface area (Å²) in [4.78, 5) is 12.4. The van der Waals surface area contributed by atoms with Crippen molar-refractivity contribution in [2.75, 3.05) is 13.7 Å². The molecule has 27 heavy (non-hydrogen) atoms. The molecule has 5 heteroatoms. The van der Waals surface area contributed by atoms with Gasteiger partial charge in [0.2, 0.25) is 0 Å². The Kier molecular flexibility index (Phi) is 5.95. The van der Waals surface area contributed by atoms with Gasteiger partial charge in [-0.25, -0.2) is 4.79 Å². The van der Waals surface area contributed by atoms with Gasteiger partial charge in [0.25, 0.3) is 0 Å². The molecule has 0 saturated carbocycles. The van der Waals surface area contributed by atoms with Gasteiger partial charge in [-0.05, 0) is 5.56 Å². The Balaban J connectivity index is 1.85. The number of carbonyl (C=O) groups is 1. The molecular weight excluding hydrogens is 342 g/mol. The van der Waals surface area contributed by atoms with E-state index in [4.69, 9.17) is 9.47 Å². The molecule has 0 spiro atoms. The van der Waals surface area contributed by atoms with Gasteiger partial charge >= 0.3 is 5.97 Å². The number of rotatable bonds is 7. The predicted molar refractivity (Wildman–Crippen MR) is 103 cm³/mol. The van der Waals surface area contributed by atoms with E-state index in [-0.39, 0.29) is 18.6 Å². The second-order valence-electron chi connectivity index (χ2n) is 7.44. The van der Waals surface area contributed by atoms with E-state index in [1.54, 1.807) is 0 Å². The van der Waals surface area contributed by atoms with Crippen LogP contribution >= 0.6 is 0 Å². The zero-order chi connectivity index (χ0) is 19.4. The van der Waals surface area contributed by atoms with E-state index in [1.165, 1.54) is 7.11 Å². The topological polar surface area (TPSA) is 58.6 Å². The van der Waals surface area contributed by atoms with Gasteiger partial charge in [0.05, 0.1) is 13.7 Å². The van der Waals surface area contributed by atoms with E-state index >= 15 is 0 Å². The normalized spacial score (nSPS) is 25.7. The Morgan fingerprint density at radius 1 is 1.11 bits per heavy atom. The summed E-state index contributed by atoms with van der Waals surface area (Å²) in [5, 5.41) is 13.8. The van der Waals surface area contributed by atoms with Crippen LogP contribution in [0.25, 0.3) is 0 Å². The van der Waals surface area contributed by atoms with Crippen LogP contribution in [0, 0.1) is 11.1 Å². The number of nitrogens with zero attached hydrogens (tertiary/aromatic N) is 1. The minimum Gasteiger partial charge on any atom is -0.632 e. The molecule has 1 saturated heterocycles. The minimum atomic E-state index is -0.767. The van der Waals surface area contributed by atoms with Crippen molar-refractivity contribution in [1.82, 2.24) is 0 Å². The van der Waals surface area contributed by atoms with Gasteiger partial charge in [-0.15, -0.1) is 0 Å². The smallest absolute Gasteiger partial charge is 0.365 e. The molecule has 1 heterocycles. The summed E-state index contributed by atoms with van der Waals surface area (Å²) in [6.07, 6.45) is -0.240. The lowest BCUT2D eigenvalue weighted by Gasteiger charge is -2.63. The Morgan fingerprint density at radius 3 is 2.26 bits per heavy atom. The maximum atomic E-state index is 13.8. The zero-order valence-electron chi connectivity index (χ0n) is 16.1. The highest BCUT2D eigenvalue weighted by Gasteiger charge is 2.57. The third-order valence-corrected chi connectivity index (χ3v) is 5.28. The molecule has 0 radical (unpaired) electrons. The molecule has 1 fully saturated rings. The maximum absolute atomic E-state index is 13.8. The van der Waals surface area contributed by atoms with Crippen molar-refractivity contribution in [3.05, 3.63) is 77.0 Å². The summed E-state index contributed by atoms with van der Waals surface area (Å²) in [6, 6.07) is 18.3. The second-order valence-corrected chi connectivity index (χ2v) is 7.44. The fraction of sp³-hybridized carbons (Fsp3) is 0.409. The molecule has 0 amide bonds. The molecule has 0 aliphatic carbocycles. The first-order valence-electron chi connectivity index (χ1n) is 9.34. The molecule has 5 nitrogen and oxygen atoms in total. The number of carbonyl (C=O) groups excluding carboxylic acids is 1. The number of hydrogen-bond donors (Lipinski definition) is 0. The molecule has 0 aromatic heterocycles. The van der Waals surface area contributed by atoms with Gasteiger partial charge in [-0.2, -0.15) is 0 Å². The molecule has 4 atom stereocenters. The van der Waals surface area contributed by atoms with E-state index in [2.05, 4.69) is 0 Å². The van der Waals surface area contributed by atoms with Crippen molar-refractivity contribution < 1.29 is 18.9 Å². The maximum Gasteiger partial charge on any atom is 0.365 e. The van der Waals surface area contributed by atoms with Gasteiger partial charge < -0.3 is 19.3 Å². The Morgan fingerprint density at radius 2 is 1.70 bits per heavy atom. The number of benzene rings is 2. The molecular formula is C22H27NO4. The fourth-order valence-corrected chi connectivity index (χ4v) is 4.04. The molecule has 144 valence electrons.